The summed E-state index contributed by atoms with van der Waals surface area (Å²) in [5.41, 5.74) is 0.836. The molecule has 9 heteroatoms. The number of methoxy groups -OCH3 is 2. The van der Waals surface area contributed by atoms with Gasteiger partial charge in [0.15, 0.2) is 11.5 Å². The normalized spacial score (nSPS) is 16.4. The monoisotopic (exact) mass is 424 g/mol. The van der Waals surface area contributed by atoms with Crippen LogP contribution >= 0.6 is 0 Å². The molecule has 1 N–H and O–H groups in total. The first kappa shape index (κ1) is 21.5. The van der Waals surface area contributed by atoms with Crippen LogP contribution < -0.4 is 14.2 Å². The first-order chi connectivity index (χ1) is 13.9. The fraction of sp³-hybridized carbons (Fsp3) is 0.400. The summed E-state index contributed by atoms with van der Waals surface area (Å²) in [7, 11) is -0.850. The van der Waals surface area contributed by atoms with E-state index in [0.29, 0.717) is 37.8 Å². The van der Waals surface area contributed by atoms with Gasteiger partial charge in [-0.2, -0.15) is 0 Å². The number of halogens is 1. The molecule has 0 radical (unpaired) electrons. The van der Waals surface area contributed by atoms with E-state index in [1.165, 1.54) is 38.5 Å². The van der Waals surface area contributed by atoms with Crippen molar-refractivity contribution in [1.29, 1.82) is 0 Å². The zero-order valence-electron chi connectivity index (χ0n) is 16.4. The molecule has 1 aliphatic heterocycles. The first-order valence-electron chi connectivity index (χ1n) is 9.23. The number of sulfonamides is 1. The number of hydrogen-bond acceptors (Lipinski definition) is 6. The molecule has 0 aliphatic carbocycles. The molecule has 1 saturated heterocycles. The highest BCUT2D eigenvalue weighted by Crippen LogP contribution is 2.29. The predicted octanol–water partition coefficient (Wildman–Crippen LogP) is 2.19. The van der Waals surface area contributed by atoms with Crippen LogP contribution in [0.5, 0.6) is 11.5 Å². The van der Waals surface area contributed by atoms with Crippen LogP contribution in [0, 0.1) is 5.82 Å². The number of nitrogens with one attached hydrogen (secondary N) is 1. The molecule has 0 unspecified atom stereocenters. The zero-order chi connectivity index (χ0) is 20.9. The van der Waals surface area contributed by atoms with Crippen LogP contribution in [0.4, 0.5) is 4.39 Å². The Balaban J connectivity index is 1.81. The molecule has 2 aromatic rings. The van der Waals surface area contributed by atoms with Gasteiger partial charge in [-0.3, -0.25) is 4.90 Å². The van der Waals surface area contributed by atoms with E-state index >= 15 is 0 Å². The standard InChI is InChI=1S/C20H25FN2O5S/c1-26-19-8-7-17(13-20(19)27-2)29(24,25)22-14-18(23-9-11-28-12-10-23)15-3-5-16(21)6-4-15/h3-8,13,18,22H,9-12,14H2,1-2H3/t18-/m1/s1. The lowest BCUT2D eigenvalue weighted by Crippen LogP contribution is -2.43. The van der Waals surface area contributed by atoms with Crippen molar-refractivity contribution >= 4 is 10.0 Å². The van der Waals surface area contributed by atoms with Crippen LogP contribution in [0.3, 0.4) is 0 Å². The molecule has 3 rings (SSSR count). The van der Waals surface area contributed by atoms with E-state index < -0.39 is 10.0 Å². The summed E-state index contributed by atoms with van der Waals surface area (Å²) in [4.78, 5) is 2.21. The fourth-order valence-electron chi connectivity index (χ4n) is 3.29. The second kappa shape index (κ2) is 9.53. The van der Waals surface area contributed by atoms with Gasteiger partial charge in [0.05, 0.1) is 32.3 Å². The molecule has 0 saturated carbocycles. The fourth-order valence-corrected chi connectivity index (χ4v) is 4.34. The highest BCUT2D eigenvalue weighted by atomic mass is 32.2. The largest absolute Gasteiger partial charge is 0.493 e. The average molecular weight is 424 g/mol. The zero-order valence-corrected chi connectivity index (χ0v) is 17.2. The van der Waals surface area contributed by atoms with Gasteiger partial charge in [0.1, 0.15) is 5.82 Å². The van der Waals surface area contributed by atoms with Crippen molar-refractivity contribution in [1.82, 2.24) is 9.62 Å². The molecular formula is C20H25FN2O5S. The van der Waals surface area contributed by atoms with E-state index in [-0.39, 0.29) is 23.3 Å². The van der Waals surface area contributed by atoms with Crippen LogP contribution in [0.2, 0.25) is 0 Å². The number of ether oxygens (including phenoxy) is 3. The third-order valence-electron chi connectivity index (χ3n) is 4.87. The van der Waals surface area contributed by atoms with E-state index in [4.69, 9.17) is 14.2 Å². The molecule has 1 heterocycles. The van der Waals surface area contributed by atoms with Crippen molar-refractivity contribution in [3.8, 4) is 11.5 Å². The summed E-state index contributed by atoms with van der Waals surface area (Å²) in [5.74, 6) is 0.447. The molecule has 1 atom stereocenters. The molecule has 0 aromatic heterocycles. The minimum Gasteiger partial charge on any atom is -0.493 e. The number of rotatable bonds is 8. The van der Waals surface area contributed by atoms with Crippen molar-refractivity contribution in [3.63, 3.8) is 0 Å². The van der Waals surface area contributed by atoms with Gasteiger partial charge in [-0.1, -0.05) is 12.1 Å². The molecular weight excluding hydrogens is 399 g/mol. The molecule has 0 bridgehead atoms. The lowest BCUT2D eigenvalue weighted by atomic mass is 10.0. The molecule has 7 nitrogen and oxygen atoms in total. The van der Waals surface area contributed by atoms with Gasteiger partial charge in [0.2, 0.25) is 10.0 Å². The van der Waals surface area contributed by atoms with Gasteiger partial charge in [-0.15, -0.1) is 0 Å². The smallest absolute Gasteiger partial charge is 0.240 e. The van der Waals surface area contributed by atoms with Gasteiger partial charge >= 0.3 is 0 Å². The second-order valence-corrected chi connectivity index (χ2v) is 8.35. The molecule has 158 valence electrons. The maximum atomic E-state index is 13.4. The lowest BCUT2D eigenvalue weighted by molar-refractivity contribution is 0.0172. The molecule has 1 aliphatic rings. The molecule has 29 heavy (non-hydrogen) atoms. The van der Waals surface area contributed by atoms with Gasteiger partial charge < -0.3 is 14.2 Å². The quantitative estimate of drug-likeness (QED) is 0.700. The van der Waals surface area contributed by atoms with E-state index in [9.17, 15) is 12.8 Å². The minimum atomic E-state index is -3.79. The summed E-state index contributed by atoms with van der Waals surface area (Å²) in [6, 6.07) is 10.3. The molecule has 1 fully saturated rings. The summed E-state index contributed by atoms with van der Waals surface area (Å²) in [6.45, 7) is 2.61. The van der Waals surface area contributed by atoms with Crippen LogP contribution in [0.1, 0.15) is 11.6 Å². The van der Waals surface area contributed by atoms with Crippen LogP contribution in [-0.4, -0.2) is 60.4 Å². The SMILES string of the molecule is COc1ccc(S(=O)(=O)NC[C@H](c2ccc(F)cc2)N2CCOCC2)cc1OC. The third-order valence-corrected chi connectivity index (χ3v) is 6.29. The predicted molar refractivity (Wildman–Crippen MR) is 106 cm³/mol. The average Bonchev–Trinajstić information content (AvgIpc) is 2.75. The highest BCUT2D eigenvalue weighted by Gasteiger charge is 2.25. The van der Waals surface area contributed by atoms with Crippen molar-refractivity contribution < 1.29 is 27.0 Å². The molecule has 0 amide bonds. The molecule has 2 aromatic carbocycles. The van der Waals surface area contributed by atoms with E-state index in [1.54, 1.807) is 18.2 Å². The highest BCUT2D eigenvalue weighted by molar-refractivity contribution is 7.89. The van der Waals surface area contributed by atoms with Gasteiger partial charge in [-0.05, 0) is 29.8 Å². The van der Waals surface area contributed by atoms with E-state index in [0.717, 1.165) is 5.56 Å². The Morgan fingerprint density at radius 3 is 2.34 bits per heavy atom. The number of benzene rings is 2. The summed E-state index contributed by atoms with van der Waals surface area (Å²) >= 11 is 0. The Kier molecular flexibility index (Phi) is 7.07. The lowest BCUT2D eigenvalue weighted by Gasteiger charge is -2.34. The number of hydrogen-bond donors (Lipinski definition) is 1. The Labute approximate surface area is 170 Å². The summed E-state index contributed by atoms with van der Waals surface area (Å²) < 4.78 is 57.5. The Bertz CT molecular complexity index is 915. The van der Waals surface area contributed by atoms with Crippen LogP contribution in [-0.2, 0) is 14.8 Å². The Morgan fingerprint density at radius 1 is 1.07 bits per heavy atom. The van der Waals surface area contributed by atoms with E-state index in [1.807, 2.05) is 0 Å². The molecule has 0 spiro atoms. The minimum absolute atomic E-state index is 0.0787. The maximum Gasteiger partial charge on any atom is 0.240 e. The van der Waals surface area contributed by atoms with Crippen molar-refractivity contribution in [2.75, 3.05) is 47.1 Å². The van der Waals surface area contributed by atoms with Crippen molar-refractivity contribution in [3.05, 3.63) is 53.8 Å². The van der Waals surface area contributed by atoms with Gasteiger partial charge in [0.25, 0.3) is 0 Å². The first-order valence-corrected chi connectivity index (χ1v) is 10.7. The van der Waals surface area contributed by atoms with Crippen LogP contribution in [0.25, 0.3) is 0 Å². The Morgan fingerprint density at radius 2 is 1.72 bits per heavy atom. The third kappa shape index (κ3) is 5.24. The second-order valence-electron chi connectivity index (χ2n) is 6.58. The summed E-state index contributed by atoms with van der Waals surface area (Å²) in [6.07, 6.45) is 0. The Hall–Kier alpha value is -2.20. The van der Waals surface area contributed by atoms with Crippen LogP contribution in [0.15, 0.2) is 47.4 Å². The van der Waals surface area contributed by atoms with Gasteiger partial charge in [0, 0.05) is 31.7 Å². The van der Waals surface area contributed by atoms with E-state index in [2.05, 4.69) is 9.62 Å². The maximum absolute atomic E-state index is 13.4. The van der Waals surface area contributed by atoms with Crippen molar-refractivity contribution in [2.45, 2.75) is 10.9 Å². The summed E-state index contributed by atoms with van der Waals surface area (Å²) in [5, 5.41) is 0. The topological polar surface area (TPSA) is 77.1 Å². The van der Waals surface area contributed by atoms with Crippen molar-refractivity contribution in [2.24, 2.45) is 0 Å². The van der Waals surface area contributed by atoms with Gasteiger partial charge in [-0.25, -0.2) is 17.5 Å². The number of morpholine rings is 1. The number of nitrogens with zero attached hydrogens (tertiary/aromatic N) is 1.